The quantitative estimate of drug-likeness (QED) is 0.229. The molecule has 1 aliphatic heterocycles. The Balaban J connectivity index is 1.70. The largest absolute Gasteiger partial charge is 0.493 e. The van der Waals surface area contributed by atoms with E-state index >= 15 is 0 Å². The number of benzene rings is 2. The number of aromatic nitrogens is 1. The maximum Gasteiger partial charge on any atom is 0.471 e. The Kier molecular flexibility index (Phi) is 8.61. The number of ether oxygens (including phenoxy) is 2. The van der Waals surface area contributed by atoms with Crippen molar-refractivity contribution in [2.45, 2.75) is 45.3 Å². The number of methoxy groups -OCH3 is 1. The molecule has 2 heterocycles. The summed E-state index contributed by atoms with van der Waals surface area (Å²) in [5.74, 6) is -2.43. The second kappa shape index (κ2) is 11.9. The second-order valence-electron chi connectivity index (χ2n) is 9.45. The highest BCUT2D eigenvalue weighted by Crippen LogP contribution is 2.40. The van der Waals surface area contributed by atoms with Gasteiger partial charge in [-0.25, -0.2) is 9.37 Å². The number of rotatable bonds is 9. The number of carbonyl (C=O) groups excluding carboxylic acids is 2. The number of nitrogens with zero attached hydrogens (tertiary/aromatic N) is 3. The summed E-state index contributed by atoms with van der Waals surface area (Å²) < 4.78 is 65.1. The van der Waals surface area contributed by atoms with E-state index in [2.05, 4.69) is 4.98 Å². The number of halogens is 4. The lowest BCUT2D eigenvalue weighted by Crippen LogP contribution is -2.41. The first-order valence-electron chi connectivity index (χ1n) is 12.7. The molecular weight excluding hydrogens is 530 g/mol. The van der Waals surface area contributed by atoms with Crippen molar-refractivity contribution in [1.82, 2.24) is 4.98 Å². The summed E-state index contributed by atoms with van der Waals surface area (Å²) in [5, 5.41) is 0. The highest BCUT2D eigenvalue weighted by molar-refractivity contribution is 5.97. The molecule has 11 heteroatoms. The van der Waals surface area contributed by atoms with Crippen LogP contribution in [0.3, 0.4) is 0 Å². The Morgan fingerprint density at radius 3 is 2.58 bits per heavy atom. The van der Waals surface area contributed by atoms with Gasteiger partial charge in [-0.1, -0.05) is 25.1 Å². The molecule has 1 atom stereocenters. The third-order valence-corrected chi connectivity index (χ3v) is 6.79. The summed E-state index contributed by atoms with van der Waals surface area (Å²) in [6, 6.07) is 12.4. The van der Waals surface area contributed by atoms with Gasteiger partial charge in [-0.3, -0.25) is 9.59 Å². The lowest BCUT2D eigenvalue weighted by atomic mass is 9.97. The Morgan fingerprint density at radius 2 is 1.93 bits per heavy atom. The maximum absolute atomic E-state index is 13.7. The van der Waals surface area contributed by atoms with E-state index in [4.69, 9.17) is 9.47 Å². The fraction of sp³-hybridized carbons (Fsp3) is 0.345. The van der Waals surface area contributed by atoms with Gasteiger partial charge in [0, 0.05) is 35.5 Å². The van der Waals surface area contributed by atoms with Gasteiger partial charge in [-0.05, 0) is 48.7 Å². The number of pyridine rings is 1. The fourth-order valence-electron chi connectivity index (χ4n) is 4.73. The molecule has 0 N–H and O–H groups in total. The molecule has 0 unspecified atom stereocenters. The Bertz CT molecular complexity index is 1380. The van der Waals surface area contributed by atoms with E-state index in [-0.39, 0.29) is 31.2 Å². The zero-order chi connectivity index (χ0) is 29.0. The molecule has 0 saturated heterocycles. The highest BCUT2D eigenvalue weighted by Gasteiger charge is 2.43. The summed E-state index contributed by atoms with van der Waals surface area (Å²) in [7, 11) is 1.28. The third kappa shape index (κ3) is 6.19. The Labute approximate surface area is 229 Å². The van der Waals surface area contributed by atoms with Crippen LogP contribution in [-0.2, 0) is 20.9 Å². The van der Waals surface area contributed by atoms with Gasteiger partial charge in [0.05, 0.1) is 32.9 Å². The number of carbonyl (C=O) groups is 2. The van der Waals surface area contributed by atoms with Crippen LogP contribution in [0.15, 0.2) is 54.7 Å². The molecule has 0 spiro atoms. The SMILES string of the molecule is CCCN(c1ccc(F)cn1)c1cccc(CN(C(=O)C(F)(F)F)c2ccc3c(c2)OC[C@H]3CC(=O)OC)c1C. The van der Waals surface area contributed by atoms with Crippen LogP contribution < -0.4 is 14.5 Å². The van der Waals surface area contributed by atoms with Gasteiger partial charge in [0.2, 0.25) is 0 Å². The van der Waals surface area contributed by atoms with Crippen molar-refractivity contribution < 1.29 is 36.6 Å². The van der Waals surface area contributed by atoms with Crippen molar-refractivity contribution >= 4 is 29.1 Å². The molecule has 0 radical (unpaired) electrons. The van der Waals surface area contributed by atoms with Crippen LogP contribution in [-0.4, -0.2) is 43.3 Å². The van der Waals surface area contributed by atoms with Crippen LogP contribution in [0, 0.1) is 12.7 Å². The van der Waals surface area contributed by atoms with Crippen molar-refractivity contribution in [3.05, 3.63) is 77.2 Å². The number of alkyl halides is 3. The molecule has 40 heavy (non-hydrogen) atoms. The van der Waals surface area contributed by atoms with E-state index < -0.39 is 23.9 Å². The van der Waals surface area contributed by atoms with Crippen LogP contribution in [0.4, 0.5) is 34.8 Å². The Morgan fingerprint density at radius 1 is 1.15 bits per heavy atom. The molecule has 0 bridgehead atoms. The van der Waals surface area contributed by atoms with Gasteiger partial charge in [0.15, 0.2) is 0 Å². The van der Waals surface area contributed by atoms with Crippen molar-refractivity contribution in [2.24, 2.45) is 0 Å². The lowest BCUT2D eigenvalue weighted by molar-refractivity contribution is -0.170. The molecule has 7 nitrogen and oxygen atoms in total. The third-order valence-electron chi connectivity index (χ3n) is 6.79. The normalized spacial score (nSPS) is 14.3. The molecule has 3 aromatic rings. The van der Waals surface area contributed by atoms with E-state index in [1.165, 1.54) is 31.4 Å². The maximum atomic E-state index is 13.7. The number of hydrogen-bond donors (Lipinski definition) is 0. The summed E-state index contributed by atoms with van der Waals surface area (Å²) in [4.78, 5) is 31.1. The van der Waals surface area contributed by atoms with Crippen LogP contribution in [0.1, 0.15) is 42.4 Å². The van der Waals surface area contributed by atoms with Gasteiger partial charge in [-0.15, -0.1) is 0 Å². The summed E-state index contributed by atoms with van der Waals surface area (Å²) in [6.07, 6.45) is -3.22. The molecule has 4 rings (SSSR count). The molecule has 1 aliphatic rings. The van der Waals surface area contributed by atoms with Gasteiger partial charge < -0.3 is 19.3 Å². The fourth-order valence-corrected chi connectivity index (χ4v) is 4.73. The average molecular weight is 560 g/mol. The topological polar surface area (TPSA) is 72.0 Å². The number of anilines is 3. The minimum Gasteiger partial charge on any atom is -0.493 e. The number of hydrogen-bond acceptors (Lipinski definition) is 6. The summed E-state index contributed by atoms with van der Waals surface area (Å²) in [6.45, 7) is 4.07. The first kappa shape index (κ1) is 28.8. The zero-order valence-corrected chi connectivity index (χ0v) is 22.3. The predicted molar refractivity (Wildman–Crippen MR) is 141 cm³/mol. The van der Waals surface area contributed by atoms with E-state index in [0.29, 0.717) is 45.4 Å². The molecular formula is C29H29F4N3O4. The summed E-state index contributed by atoms with van der Waals surface area (Å²) >= 11 is 0. The highest BCUT2D eigenvalue weighted by atomic mass is 19.4. The first-order chi connectivity index (χ1) is 19.0. The van der Waals surface area contributed by atoms with Crippen molar-refractivity contribution in [1.29, 1.82) is 0 Å². The molecule has 0 aliphatic carbocycles. The van der Waals surface area contributed by atoms with Gasteiger partial charge >= 0.3 is 18.1 Å². The zero-order valence-electron chi connectivity index (χ0n) is 22.3. The smallest absolute Gasteiger partial charge is 0.471 e. The molecule has 1 aromatic heterocycles. The molecule has 1 amide bonds. The van der Waals surface area contributed by atoms with E-state index in [0.717, 1.165) is 12.6 Å². The van der Waals surface area contributed by atoms with Crippen LogP contribution >= 0.6 is 0 Å². The van der Waals surface area contributed by atoms with Crippen molar-refractivity contribution in [3.8, 4) is 5.75 Å². The molecule has 212 valence electrons. The van der Waals surface area contributed by atoms with Crippen molar-refractivity contribution in [3.63, 3.8) is 0 Å². The van der Waals surface area contributed by atoms with E-state index in [9.17, 15) is 27.2 Å². The van der Waals surface area contributed by atoms with Crippen LogP contribution in [0.2, 0.25) is 0 Å². The minimum atomic E-state index is -5.12. The molecule has 0 fully saturated rings. The van der Waals surface area contributed by atoms with Crippen molar-refractivity contribution in [2.75, 3.05) is 30.1 Å². The van der Waals surface area contributed by atoms with Gasteiger partial charge in [-0.2, -0.15) is 13.2 Å². The average Bonchev–Trinajstić information content (AvgIpc) is 3.32. The summed E-state index contributed by atoms with van der Waals surface area (Å²) in [5.41, 5.74) is 2.49. The number of amides is 1. The Hall–Kier alpha value is -4.15. The monoisotopic (exact) mass is 559 g/mol. The number of fused-ring (bicyclic) bond motifs is 1. The molecule has 0 saturated carbocycles. The van der Waals surface area contributed by atoms with Gasteiger partial charge in [0.25, 0.3) is 0 Å². The minimum absolute atomic E-state index is 0.00946. The standard InChI is InChI=1S/C29H29F4N3O4/c1-4-12-35(26-11-8-21(30)15-34-26)24-7-5-6-19(18(24)2)16-36(28(38)29(31,32)33)22-9-10-23-20(13-27(37)39-3)17-40-25(23)14-22/h5-11,14-15,20H,4,12-13,16-17H2,1-3H3/t20-/m1/s1. The lowest BCUT2D eigenvalue weighted by Gasteiger charge is -2.28. The second-order valence-corrected chi connectivity index (χ2v) is 9.45. The predicted octanol–water partition coefficient (Wildman–Crippen LogP) is 6.21. The van der Waals surface area contributed by atoms with E-state index in [1.807, 2.05) is 11.8 Å². The first-order valence-corrected chi connectivity index (χ1v) is 12.7. The van der Waals surface area contributed by atoms with Crippen LogP contribution in [0.25, 0.3) is 0 Å². The van der Waals surface area contributed by atoms with Crippen LogP contribution in [0.5, 0.6) is 5.75 Å². The number of esters is 1. The molecule has 2 aromatic carbocycles. The van der Waals surface area contributed by atoms with E-state index in [1.54, 1.807) is 31.2 Å². The van der Waals surface area contributed by atoms with Gasteiger partial charge in [0.1, 0.15) is 17.4 Å².